The minimum Gasteiger partial charge on any atom is -0.378 e. The lowest BCUT2D eigenvalue weighted by Crippen LogP contribution is -2.28. The zero-order valence-corrected chi connectivity index (χ0v) is 17.9. The van der Waals surface area contributed by atoms with Gasteiger partial charge in [-0.3, -0.25) is 0 Å². The number of nitriles is 3. The summed E-state index contributed by atoms with van der Waals surface area (Å²) in [4.78, 5) is 2.33. The largest absolute Gasteiger partial charge is 0.378 e. The smallest absolute Gasteiger partial charge is 0.148 e. The Labute approximate surface area is 181 Å². The van der Waals surface area contributed by atoms with E-state index in [1.165, 1.54) is 0 Å². The van der Waals surface area contributed by atoms with E-state index in [0.717, 1.165) is 55.0 Å². The van der Waals surface area contributed by atoms with Crippen molar-refractivity contribution < 1.29 is 9.47 Å². The molecule has 6 nitrogen and oxygen atoms in total. The highest BCUT2D eigenvalue weighted by molar-refractivity contribution is 7.99. The first-order chi connectivity index (χ1) is 14.3. The predicted molar refractivity (Wildman–Crippen MR) is 119 cm³/mol. The standard InChI is InChI=1S/C21H24N4O2S2/c22-15-19(16-23)21(17-24)18-1-3-20(4-2-18)25-5-11-28-13-9-26-7-8-27-10-14-29-12-6-25/h1-4H,5-14H2. The molecule has 0 N–H and O–H groups in total. The molecule has 0 radical (unpaired) electrons. The van der Waals surface area contributed by atoms with Crippen LogP contribution in [0.4, 0.5) is 5.69 Å². The lowest BCUT2D eigenvalue weighted by molar-refractivity contribution is 0.0605. The average Bonchev–Trinajstić information content (AvgIpc) is 2.77. The first-order valence-corrected chi connectivity index (χ1v) is 11.7. The van der Waals surface area contributed by atoms with Gasteiger partial charge in [0, 0.05) is 41.8 Å². The fourth-order valence-electron chi connectivity index (χ4n) is 2.72. The van der Waals surface area contributed by atoms with Crippen LogP contribution in [0.1, 0.15) is 5.56 Å². The van der Waals surface area contributed by atoms with Gasteiger partial charge in [-0.05, 0) is 17.7 Å². The van der Waals surface area contributed by atoms with Crippen molar-refractivity contribution in [1.29, 1.82) is 15.8 Å². The van der Waals surface area contributed by atoms with Gasteiger partial charge in [0.15, 0.2) is 0 Å². The van der Waals surface area contributed by atoms with Crippen molar-refractivity contribution in [1.82, 2.24) is 0 Å². The molecule has 8 heteroatoms. The quantitative estimate of drug-likeness (QED) is 0.662. The van der Waals surface area contributed by atoms with Crippen LogP contribution in [0.3, 0.4) is 0 Å². The third kappa shape index (κ3) is 8.01. The summed E-state index contributed by atoms with van der Waals surface area (Å²) in [6, 6.07) is 13.1. The van der Waals surface area contributed by atoms with Crippen LogP contribution in [0, 0.1) is 34.0 Å². The third-order valence-electron chi connectivity index (χ3n) is 4.23. The predicted octanol–water partition coefficient (Wildman–Crippen LogP) is 3.33. The number of allylic oxidation sites excluding steroid dienone is 2. The maximum Gasteiger partial charge on any atom is 0.148 e. The molecule has 0 unspecified atom stereocenters. The number of hydrogen-bond donors (Lipinski definition) is 0. The summed E-state index contributed by atoms with van der Waals surface area (Å²) in [5.41, 5.74) is 1.61. The monoisotopic (exact) mass is 428 g/mol. The second-order valence-electron chi connectivity index (χ2n) is 6.07. The van der Waals surface area contributed by atoms with E-state index < -0.39 is 0 Å². The van der Waals surface area contributed by atoms with Crippen LogP contribution < -0.4 is 4.90 Å². The highest BCUT2D eigenvalue weighted by Crippen LogP contribution is 2.23. The van der Waals surface area contributed by atoms with E-state index >= 15 is 0 Å². The summed E-state index contributed by atoms with van der Waals surface area (Å²) in [7, 11) is 0. The van der Waals surface area contributed by atoms with E-state index in [-0.39, 0.29) is 11.1 Å². The van der Waals surface area contributed by atoms with Gasteiger partial charge in [0.2, 0.25) is 0 Å². The zero-order valence-electron chi connectivity index (χ0n) is 16.3. The number of benzene rings is 1. The van der Waals surface area contributed by atoms with Gasteiger partial charge in [-0.25, -0.2) is 0 Å². The van der Waals surface area contributed by atoms with Crippen LogP contribution in [0.5, 0.6) is 0 Å². The Morgan fingerprint density at radius 1 is 0.759 bits per heavy atom. The molecule has 0 aliphatic carbocycles. The first-order valence-electron chi connectivity index (χ1n) is 9.41. The molecule has 0 aromatic heterocycles. The van der Waals surface area contributed by atoms with Crippen molar-refractivity contribution in [2.45, 2.75) is 0 Å². The van der Waals surface area contributed by atoms with E-state index in [2.05, 4.69) is 4.90 Å². The molecule has 1 aromatic carbocycles. The molecule has 1 saturated heterocycles. The van der Waals surface area contributed by atoms with Crippen LogP contribution in [0.25, 0.3) is 5.57 Å². The minimum absolute atomic E-state index is 0.115. The molecule has 0 bridgehead atoms. The molecular weight excluding hydrogens is 404 g/mol. The highest BCUT2D eigenvalue weighted by Gasteiger charge is 2.11. The fraction of sp³-hybridized carbons (Fsp3) is 0.476. The van der Waals surface area contributed by atoms with Crippen LogP contribution in [-0.4, -0.2) is 62.5 Å². The second-order valence-corrected chi connectivity index (χ2v) is 8.52. The van der Waals surface area contributed by atoms with E-state index in [4.69, 9.17) is 20.0 Å². The number of ether oxygens (including phenoxy) is 2. The molecule has 1 aliphatic rings. The van der Waals surface area contributed by atoms with Crippen molar-refractivity contribution in [3.8, 4) is 18.2 Å². The van der Waals surface area contributed by atoms with Crippen molar-refractivity contribution >= 4 is 34.8 Å². The molecule has 0 amide bonds. The normalized spacial score (nSPS) is 16.9. The van der Waals surface area contributed by atoms with Crippen molar-refractivity contribution in [3.63, 3.8) is 0 Å². The van der Waals surface area contributed by atoms with Gasteiger partial charge in [0.1, 0.15) is 23.8 Å². The zero-order chi connectivity index (χ0) is 20.7. The second kappa shape index (κ2) is 13.9. The van der Waals surface area contributed by atoms with Crippen LogP contribution >= 0.6 is 23.5 Å². The molecule has 0 saturated carbocycles. The number of rotatable bonds is 2. The van der Waals surface area contributed by atoms with Gasteiger partial charge in [-0.2, -0.15) is 39.3 Å². The van der Waals surface area contributed by atoms with Crippen molar-refractivity contribution in [2.24, 2.45) is 0 Å². The van der Waals surface area contributed by atoms with E-state index in [9.17, 15) is 5.26 Å². The van der Waals surface area contributed by atoms with Gasteiger partial charge < -0.3 is 14.4 Å². The SMILES string of the molecule is N#CC(C#N)=C(C#N)c1ccc(N2CCSCCOCCOCCSCC2)cc1. The Kier molecular flexibility index (Phi) is 11.1. The summed E-state index contributed by atoms with van der Waals surface area (Å²) in [6.45, 7) is 4.62. The van der Waals surface area contributed by atoms with Crippen LogP contribution in [0.15, 0.2) is 29.8 Å². The number of nitrogens with zero attached hydrogens (tertiary/aromatic N) is 4. The number of anilines is 1. The van der Waals surface area contributed by atoms with Crippen LogP contribution in [0.2, 0.25) is 0 Å². The van der Waals surface area contributed by atoms with Crippen molar-refractivity contribution in [3.05, 3.63) is 35.4 Å². The van der Waals surface area contributed by atoms with Gasteiger partial charge in [-0.1, -0.05) is 12.1 Å². The van der Waals surface area contributed by atoms with Gasteiger partial charge >= 0.3 is 0 Å². The third-order valence-corrected chi connectivity index (χ3v) is 6.09. The summed E-state index contributed by atoms with van der Waals surface area (Å²) >= 11 is 3.74. The molecule has 2 rings (SSSR count). The van der Waals surface area contributed by atoms with Crippen LogP contribution in [-0.2, 0) is 9.47 Å². The molecule has 1 fully saturated rings. The molecule has 29 heavy (non-hydrogen) atoms. The topological polar surface area (TPSA) is 93.1 Å². The van der Waals surface area contributed by atoms with E-state index in [1.807, 2.05) is 41.7 Å². The van der Waals surface area contributed by atoms with E-state index in [0.29, 0.717) is 18.8 Å². The maximum absolute atomic E-state index is 9.32. The summed E-state index contributed by atoms with van der Waals surface area (Å²) < 4.78 is 11.1. The van der Waals surface area contributed by atoms with E-state index in [1.54, 1.807) is 24.3 Å². The molecule has 0 spiro atoms. The molecule has 0 atom stereocenters. The molecule has 1 aliphatic heterocycles. The van der Waals surface area contributed by atoms with Gasteiger partial charge in [0.25, 0.3) is 0 Å². The fourth-order valence-corrected chi connectivity index (χ4v) is 4.30. The Morgan fingerprint density at radius 3 is 1.79 bits per heavy atom. The molecule has 1 heterocycles. The molecular formula is C21H24N4O2S2. The Morgan fingerprint density at radius 2 is 1.31 bits per heavy atom. The average molecular weight is 429 g/mol. The van der Waals surface area contributed by atoms with Crippen molar-refractivity contribution in [2.75, 3.05) is 67.4 Å². The Hall–Kier alpha value is -2.15. The molecule has 152 valence electrons. The molecule has 1 aromatic rings. The lowest BCUT2D eigenvalue weighted by atomic mass is 10.0. The maximum atomic E-state index is 9.32. The Balaban J connectivity index is 2.08. The summed E-state index contributed by atoms with van der Waals surface area (Å²) in [6.07, 6.45) is 0. The number of hydrogen-bond acceptors (Lipinski definition) is 8. The minimum atomic E-state index is -0.160. The Bertz CT molecular complexity index is 759. The summed E-state index contributed by atoms with van der Waals surface area (Å²) in [5.74, 6) is 3.93. The van der Waals surface area contributed by atoms with Gasteiger partial charge in [-0.15, -0.1) is 0 Å². The summed E-state index contributed by atoms with van der Waals surface area (Å²) in [5, 5.41) is 27.4. The first kappa shape index (κ1) is 23.1. The van der Waals surface area contributed by atoms with Gasteiger partial charge in [0.05, 0.1) is 32.0 Å². The lowest BCUT2D eigenvalue weighted by Gasteiger charge is -2.25. The highest BCUT2D eigenvalue weighted by atomic mass is 32.2. The number of thioether (sulfide) groups is 2.